The van der Waals surface area contributed by atoms with Crippen LogP contribution in [0.25, 0.3) is 0 Å². The van der Waals surface area contributed by atoms with Crippen LogP contribution in [-0.4, -0.2) is 18.4 Å². The Balaban J connectivity index is 0.00000242. The van der Waals surface area contributed by atoms with Crippen molar-refractivity contribution < 1.29 is 4.79 Å². The van der Waals surface area contributed by atoms with E-state index < -0.39 is 0 Å². The minimum Gasteiger partial charge on any atom is -0.370 e. The number of nitrogens with two attached hydrogens (primary N) is 1. The van der Waals surface area contributed by atoms with Crippen LogP contribution in [0.15, 0.2) is 65.7 Å². The molecule has 0 saturated heterocycles. The molecule has 2 rings (SSSR count). The van der Waals surface area contributed by atoms with Crippen LogP contribution in [0, 0.1) is 0 Å². The summed E-state index contributed by atoms with van der Waals surface area (Å²) in [5.74, 6) is 0.0844. The summed E-state index contributed by atoms with van der Waals surface area (Å²) in [5.41, 5.74) is 7.54. The van der Waals surface area contributed by atoms with E-state index in [9.17, 15) is 4.79 Å². The molecule has 0 unspecified atom stereocenters. The van der Waals surface area contributed by atoms with E-state index in [1.54, 1.807) is 0 Å². The van der Waals surface area contributed by atoms with Gasteiger partial charge in [-0.05, 0) is 17.7 Å². The van der Waals surface area contributed by atoms with Gasteiger partial charge in [0.1, 0.15) is 0 Å². The van der Waals surface area contributed by atoms with Crippen LogP contribution in [0.5, 0.6) is 0 Å². The Morgan fingerprint density at radius 3 is 2.23 bits per heavy atom. The van der Waals surface area contributed by atoms with Gasteiger partial charge in [-0.25, -0.2) is 4.99 Å². The fourth-order valence-corrected chi connectivity index (χ4v) is 1.71. The smallest absolute Gasteiger partial charge is 0.243 e. The lowest BCUT2D eigenvalue weighted by atomic mass is 10.2. The zero-order valence-corrected chi connectivity index (χ0v) is 14.4. The highest BCUT2D eigenvalue weighted by Crippen LogP contribution is 2.04. The highest BCUT2D eigenvalue weighted by Gasteiger charge is 2.02. The van der Waals surface area contributed by atoms with Crippen molar-refractivity contribution in [3.8, 4) is 0 Å². The number of nitrogens with one attached hydrogen (secondary N) is 2. The molecule has 0 radical (unpaired) electrons. The van der Waals surface area contributed by atoms with E-state index in [2.05, 4.69) is 15.6 Å². The standard InChI is InChI=1S/C16H18N4O.HI/c17-16(18-11-13-7-3-1-4-8-13)19-12-15(21)20-14-9-5-2-6-10-14;/h1-10H,11-12H2,(H,20,21)(H3,17,18,19);1H. The van der Waals surface area contributed by atoms with Gasteiger partial charge in [0.2, 0.25) is 5.91 Å². The third-order valence-corrected chi connectivity index (χ3v) is 2.76. The van der Waals surface area contributed by atoms with Crippen molar-refractivity contribution in [3.63, 3.8) is 0 Å². The van der Waals surface area contributed by atoms with E-state index in [4.69, 9.17) is 5.73 Å². The maximum Gasteiger partial charge on any atom is 0.243 e. The molecule has 0 aliphatic heterocycles. The third-order valence-electron chi connectivity index (χ3n) is 2.76. The molecular formula is C16H19IN4O. The molecule has 0 aliphatic carbocycles. The molecule has 22 heavy (non-hydrogen) atoms. The highest BCUT2D eigenvalue weighted by atomic mass is 127. The summed E-state index contributed by atoms with van der Waals surface area (Å²) >= 11 is 0. The first-order chi connectivity index (χ1) is 10.2. The summed E-state index contributed by atoms with van der Waals surface area (Å²) in [6.07, 6.45) is 0. The number of halogens is 1. The SMILES string of the molecule is I.NC(=NCc1ccccc1)NCC(=O)Nc1ccccc1. The second-order valence-corrected chi connectivity index (χ2v) is 4.45. The lowest BCUT2D eigenvalue weighted by Gasteiger charge is -2.07. The van der Waals surface area contributed by atoms with Gasteiger partial charge in [0, 0.05) is 5.69 Å². The Bertz CT molecular complexity index is 602. The Hall–Kier alpha value is -2.09. The number of para-hydroxylation sites is 1. The molecule has 0 atom stereocenters. The maximum atomic E-state index is 11.7. The first kappa shape index (κ1) is 18.0. The minimum atomic E-state index is -0.168. The number of carbonyl (C=O) groups excluding carboxylic acids is 1. The molecule has 0 fully saturated rings. The number of hydrogen-bond donors (Lipinski definition) is 3. The Morgan fingerprint density at radius 2 is 1.59 bits per heavy atom. The van der Waals surface area contributed by atoms with Crippen molar-refractivity contribution in [1.82, 2.24) is 5.32 Å². The van der Waals surface area contributed by atoms with Gasteiger partial charge in [0.25, 0.3) is 0 Å². The number of carbonyl (C=O) groups is 1. The number of benzene rings is 2. The number of amides is 1. The molecule has 4 N–H and O–H groups in total. The van der Waals surface area contributed by atoms with Gasteiger partial charge < -0.3 is 16.4 Å². The molecule has 0 saturated carbocycles. The number of nitrogens with zero attached hydrogens (tertiary/aromatic N) is 1. The molecule has 2 aromatic carbocycles. The molecule has 0 bridgehead atoms. The molecular weight excluding hydrogens is 391 g/mol. The molecule has 116 valence electrons. The van der Waals surface area contributed by atoms with Crippen molar-refractivity contribution in [2.45, 2.75) is 6.54 Å². The topological polar surface area (TPSA) is 79.5 Å². The maximum absolute atomic E-state index is 11.7. The molecule has 0 heterocycles. The van der Waals surface area contributed by atoms with Crippen LogP contribution in [-0.2, 0) is 11.3 Å². The van der Waals surface area contributed by atoms with E-state index in [1.165, 1.54) is 0 Å². The van der Waals surface area contributed by atoms with Crippen LogP contribution >= 0.6 is 24.0 Å². The summed E-state index contributed by atoms with van der Waals surface area (Å²) < 4.78 is 0. The van der Waals surface area contributed by atoms with Crippen LogP contribution in [0.3, 0.4) is 0 Å². The zero-order chi connectivity index (χ0) is 14.9. The summed E-state index contributed by atoms with van der Waals surface area (Å²) in [6, 6.07) is 19.0. The number of aliphatic imine (C=N–C) groups is 1. The van der Waals surface area contributed by atoms with Gasteiger partial charge in [0.15, 0.2) is 5.96 Å². The van der Waals surface area contributed by atoms with E-state index >= 15 is 0 Å². The number of anilines is 1. The predicted molar refractivity (Wildman–Crippen MR) is 100 cm³/mol. The molecule has 0 aromatic heterocycles. The summed E-state index contributed by atoms with van der Waals surface area (Å²) in [4.78, 5) is 15.9. The van der Waals surface area contributed by atoms with Crippen molar-refractivity contribution in [3.05, 3.63) is 66.2 Å². The van der Waals surface area contributed by atoms with E-state index in [0.29, 0.717) is 6.54 Å². The highest BCUT2D eigenvalue weighted by molar-refractivity contribution is 14.0. The molecule has 0 spiro atoms. The van der Waals surface area contributed by atoms with Crippen LogP contribution in [0.2, 0.25) is 0 Å². The van der Waals surface area contributed by atoms with Gasteiger partial charge in [-0.15, -0.1) is 24.0 Å². The lowest BCUT2D eigenvalue weighted by molar-refractivity contribution is -0.115. The quantitative estimate of drug-likeness (QED) is 0.402. The van der Waals surface area contributed by atoms with E-state index in [0.717, 1.165) is 11.3 Å². The van der Waals surface area contributed by atoms with Crippen molar-refractivity contribution >= 4 is 41.5 Å². The Morgan fingerprint density at radius 1 is 1.00 bits per heavy atom. The van der Waals surface area contributed by atoms with Crippen LogP contribution in [0.4, 0.5) is 5.69 Å². The minimum absolute atomic E-state index is 0. The second kappa shape index (κ2) is 9.78. The predicted octanol–water partition coefficient (Wildman–Crippen LogP) is 2.35. The molecule has 6 heteroatoms. The van der Waals surface area contributed by atoms with Crippen molar-refractivity contribution in [1.29, 1.82) is 0 Å². The molecule has 2 aromatic rings. The fourth-order valence-electron chi connectivity index (χ4n) is 1.71. The molecule has 0 aliphatic rings. The number of rotatable bonds is 5. The second-order valence-electron chi connectivity index (χ2n) is 4.45. The van der Waals surface area contributed by atoms with Gasteiger partial charge in [0.05, 0.1) is 13.1 Å². The van der Waals surface area contributed by atoms with Gasteiger partial charge >= 0.3 is 0 Å². The van der Waals surface area contributed by atoms with Gasteiger partial charge in [-0.3, -0.25) is 4.79 Å². The van der Waals surface area contributed by atoms with Gasteiger partial charge in [-0.2, -0.15) is 0 Å². The van der Waals surface area contributed by atoms with Crippen molar-refractivity contribution in [2.24, 2.45) is 10.7 Å². The van der Waals surface area contributed by atoms with Crippen molar-refractivity contribution in [2.75, 3.05) is 11.9 Å². The molecule has 1 amide bonds. The summed E-state index contributed by atoms with van der Waals surface area (Å²) in [5, 5.41) is 5.55. The van der Waals surface area contributed by atoms with Crippen LogP contribution < -0.4 is 16.4 Å². The normalized spacial score (nSPS) is 10.5. The average molecular weight is 410 g/mol. The van der Waals surface area contributed by atoms with E-state index in [-0.39, 0.29) is 42.4 Å². The first-order valence-corrected chi connectivity index (χ1v) is 6.66. The zero-order valence-electron chi connectivity index (χ0n) is 12.0. The summed E-state index contributed by atoms with van der Waals surface area (Å²) in [6.45, 7) is 0.568. The van der Waals surface area contributed by atoms with Gasteiger partial charge in [-0.1, -0.05) is 48.5 Å². The Kier molecular flexibility index (Phi) is 7.98. The largest absolute Gasteiger partial charge is 0.370 e. The van der Waals surface area contributed by atoms with Crippen LogP contribution in [0.1, 0.15) is 5.56 Å². The summed E-state index contributed by atoms with van der Waals surface area (Å²) in [7, 11) is 0. The fraction of sp³-hybridized carbons (Fsp3) is 0.125. The third kappa shape index (κ3) is 6.57. The lowest BCUT2D eigenvalue weighted by Crippen LogP contribution is -2.37. The average Bonchev–Trinajstić information content (AvgIpc) is 2.53. The monoisotopic (exact) mass is 410 g/mol. The number of guanidine groups is 1. The van der Waals surface area contributed by atoms with E-state index in [1.807, 2.05) is 60.7 Å². The first-order valence-electron chi connectivity index (χ1n) is 6.66. The Labute approximate surface area is 147 Å². The molecule has 5 nitrogen and oxygen atoms in total. The number of hydrogen-bond acceptors (Lipinski definition) is 2.